The van der Waals surface area contributed by atoms with E-state index in [0.717, 1.165) is 46.7 Å². The Hall–Kier alpha value is -7.60. The first-order chi connectivity index (χ1) is 38.0. The minimum Gasteiger partial charge on any atom is -0.391 e. The number of amides is 5. The molecule has 3 atom stereocenters. The van der Waals surface area contributed by atoms with Gasteiger partial charge in [-0.05, 0) is 79.1 Å². The molecule has 23 heteroatoms. The second-order valence-corrected chi connectivity index (χ2v) is 21.0. The van der Waals surface area contributed by atoms with Crippen LogP contribution in [0.2, 0.25) is 0 Å². The van der Waals surface area contributed by atoms with Crippen LogP contribution in [0.4, 0.5) is 14.5 Å². The van der Waals surface area contributed by atoms with E-state index in [1.54, 1.807) is 53.4 Å². The summed E-state index contributed by atoms with van der Waals surface area (Å²) in [6.45, 7) is 8.92. The van der Waals surface area contributed by atoms with Crippen molar-refractivity contribution < 1.29 is 47.3 Å². The lowest BCUT2D eigenvalue weighted by Gasteiger charge is -2.35. The van der Waals surface area contributed by atoms with E-state index in [1.807, 2.05) is 56.5 Å². The Balaban J connectivity index is 0.759. The van der Waals surface area contributed by atoms with Gasteiger partial charge in [-0.3, -0.25) is 24.0 Å². The quantitative estimate of drug-likeness (QED) is 0.0313. The molecular formula is C56H68F2N12O8S. The molecule has 79 heavy (non-hydrogen) atoms. The van der Waals surface area contributed by atoms with Crippen LogP contribution in [0.3, 0.4) is 0 Å². The highest BCUT2D eigenvalue weighted by Crippen LogP contribution is 2.29. The standard InChI is InChI=1S/C56H68F2N12O8S/c1-36-50(79-35-65-36)38-18-16-37(17-19-38)29-62-54(75)46-28-41(71)32-70(46)55(76)51(56(2,3)4)66-49(73)33-78-26-25-77-24-7-5-6-15-48(72)60-21-10-23-69-47(67-68-52(69)45-20-22-59-34-64-45)31-61-40-12-8-11-39(27-40)53(74)63-30-42-43(57)13-9-14-44(42)58/h8-9,11-14,16-20,22,27,34-35,41,46,51,61,71H,5-7,10,15,21,23-26,28-33H2,1-4H3,(H,60,72)(H,62,75)(H,63,74)(H,66,73)/t41-,46?,51-/m1/s1. The minimum absolute atomic E-state index is 0.0357. The summed E-state index contributed by atoms with van der Waals surface area (Å²) in [7, 11) is 0. The lowest BCUT2D eigenvalue weighted by molar-refractivity contribution is -0.144. The molecule has 0 saturated carbocycles. The number of unbranched alkanes of at least 4 members (excludes halogenated alkanes) is 2. The number of nitrogens with one attached hydrogen (secondary N) is 5. The zero-order chi connectivity index (χ0) is 56.3. The van der Waals surface area contributed by atoms with Gasteiger partial charge in [-0.15, -0.1) is 21.5 Å². The Bertz CT molecular complexity index is 2970. The molecule has 3 aromatic carbocycles. The molecule has 20 nitrogen and oxygen atoms in total. The summed E-state index contributed by atoms with van der Waals surface area (Å²) in [4.78, 5) is 81.2. The van der Waals surface area contributed by atoms with Gasteiger partial charge in [-0.25, -0.2) is 23.7 Å². The highest BCUT2D eigenvalue weighted by Gasteiger charge is 2.44. The molecule has 6 N–H and O–H groups in total. The van der Waals surface area contributed by atoms with Gasteiger partial charge in [0, 0.05) is 75.2 Å². The monoisotopic (exact) mass is 1110 g/mol. The van der Waals surface area contributed by atoms with Gasteiger partial charge in [0.15, 0.2) is 11.6 Å². The van der Waals surface area contributed by atoms with Crippen molar-refractivity contribution in [2.45, 2.75) is 111 Å². The highest BCUT2D eigenvalue weighted by molar-refractivity contribution is 7.13. The molecule has 0 aliphatic carbocycles. The number of hydrogen-bond donors (Lipinski definition) is 6. The second kappa shape index (κ2) is 28.9. The van der Waals surface area contributed by atoms with E-state index in [1.165, 1.54) is 17.3 Å². The van der Waals surface area contributed by atoms with Gasteiger partial charge in [0.2, 0.25) is 23.6 Å². The summed E-state index contributed by atoms with van der Waals surface area (Å²) < 4.78 is 41.4. The van der Waals surface area contributed by atoms with Crippen LogP contribution in [0, 0.1) is 24.0 Å². The molecule has 0 spiro atoms. The first-order valence-electron chi connectivity index (χ1n) is 26.3. The second-order valence-electron chi connectivity index (χ2n) is 20.1. The highest BCUT2D eigenvalue weighted by atomic mass is 32.1. The van der Waals surface area contributed by atoms with Crippen LogP contribution in [-0.4, -0.2) is 127 Å². The van der Waals surface area contributed by atoms with Crippen molar-refractivity contribution in [2.24, 2.45) is 5.41 Å². The van der Waals surface area contributed by atoms with E-state index in [4.69, 9.17) is 9.47 Å². The predicted molar refractivity (Wildman–Crippen MR) is 292 cm³/mol. The number of nitrogens with zero attached hydrogens (tertiary/aromatic N) is 7. The van der Waals surface area contributed by atoms with Crippen molar-refractivity contribution in [2.75, 3.05) is 44.8 Å². The Morgan fingerprint density at radius 2 is 1.61 bits per heavy atom. The van der Waals surface area contributed by atoms with Crippen molar-refractivity contribution in [3.63, 3.8) is 0 Å². The van der Waals surface area contributed by atoms with E-state index >= 15 is 0 Å². The van der Waals surface area contributed by atoms with Crippen molar-refractivity contribution in [1.82, 2.24) is 55.9 Å². The molecule has 420 valence electrons. The number of aliphatic hydroxyl groups is 1. The summed E-state index contributed by atoms with van der Waals surface area (Å²) in [5.41, 5.74) is 5.18. The number of benzene rings is 3. The molecule has 0 bridgehead atoms. The Labute approximate surface area is 461 Å². The SMILES string of the molecule is Cc1ncsc1-c1ccc(CNC(=O)C2C[C@@H](O)CN2C(=O)[C@@H](NC(=O)COCCOCCCCCC(=O)NCCCn2c(CNc3cccc(C(=O)NCc4c(F)cccc4F)c3)nnc2-c2ccncn2)C(C)(C)C)cc1. The van der Waals surface area contributed by atoms with Crippen LogP contribution in [0.1, 0.15) is 92.3 Å². The fourth-order valence-corrected chi connectivity index (χ4v) is 9.64. The summed E-state index contributed by atoms with van der Waals surface area (Å²) >= 11 is 1.56. The minimum atomic E-state index is -0.989. The fraction of sp³-hybridized carbons (Fsp3) is 0.429. The topological polar surface area (TPSA) is 257 Å². The third-order valence-corrected chi connectivity index (χ3v) is 14.1. The largest absolute Gasteiger partial charge is 0.391 e. The number of likely N-dealkylation sites (tertiary alicyclic amines) is 1. The number of rotatable bonds is 28. The number of aliphatic hydroxyl groups excluding tert-OH is 1. The molecule has 1 unspecified atom stereocenters. The molecule has 6 aromatic rings. The van der Waals surface area contributed by atoms with E-state index in [-0.39, 0.29) is 75.4 Å². The number of hydrogen-bond acceptors (Lipinski definition) is 15. The Morgan fingerprint density at radius 3 is 2.34 bits per heavy atom. The molecule has 1 saturated heterocycles. The van der Waals surface area contributed by atoms with Crippen LogP contribution in [0.25, 0.3) is 22.0 Å². The fourth-order valence-electron chi connectivity index (χ4n) is 8.82. The van der Waals surface area contributed by atoms with Crippen LogP contribution < -0.4 is 26.6 Å². The number of thiazole rings is 1. The van der Waals surface area contributed by atoms with Gasteiger partial charge in [-0.2, -0.15) is 0 Å². The average Bonchev–Trinajstić information content (AvgIpc) is 4.31. The molecule has 1 aliphatic rings. The third-order valence-electron chi connectivity index (χ3n) is 13.1. The number of halogens is 2. The lowest BCUT2D eigenvalue weighted by Crippen LogP contribution is -2.58. The average molecular weight is 1110 g/mol. The first-order valence-corrected chi connectivity index (χ1v) is 27.1. The maximum atomic E-state index is 14.1. The van der Waals surface area contributed by atoms with Gasteiger partial charge < -0.3 is 50.6 Å². The molecule has 5 amide bonds. The molecule has 1 fully saturated rings. The summed E-state index contributed by atoms with van der Waals surface area (Å²) in [5, 5.41) is 33.9. The smallest absolute Gasteiger partial charge is 0.251 e. The van der Waals surface area contributed by atoms with Crippen LogP contribution in [0.15, 0.2) is 90.8 Å². The summed E-state index contributed by atoms with van der Waals surface area (Å²) in [6, 6.07) is 17.9. The number of aromatic nitrogens is 6. The third kappa shape index (κ3) is 17.2. The normalized spacial score (nSPS) is 14.6. The van der Waals surface area contributed by atoms with Gasteiger partial charge >= 0.3 is 0 Å². The maximum absolute atomic E-state index is 14.1. The number of carbonyl (C=O) groups is 5. The Kier molecular flexibility index (Phi) is 21.6. The maximum Gasteiger partial charge on any atom is 0.251 e. The zero-order valence-corrected chi connectivity index (χ0v) is 45.6. The van der Waals surface area contributed by atoms with Crippen LogP contribution in [0.5, 0.6) is 0 Å². The molecule has 4 heterocycles. The van der Waals surface area contributed by atoms with Gasteiger partial charge in [-0.1, -0.05) is 63.6 Å². The van der Waals surface area contributed by atoms with Gasteiger partial charge in [0.25, 0.3) is 5.91 Å². The number of ether oxygens (including phenoxy) is 2. The first kappa shape index (κ1) is 59.1. The van der Waals surface area contributed by atoms with Gasteiger partial charge in [0.1, 0.15) is 42.3 Å². The molecular weight excluding hydrogens is 1040 g/mol. The van der Waals surface area contributed by atoms with Crippen LogP contribution in [-0.2, 0) is 54.8 Å². The van der Waals surface area contributed by atoms with Crippen molar-refractivity contribution in [1.29, 1.82) is 0 Å². The van der Waals surface area contributed by atoms with E-state index in [2.05, 4.69) is 51.7 Å². The molecule has 0 radical (unpaired) electrons. The van der Waals surface area contributed by atoms with E-state index < -0.39 is 53.0 Å². The summed E-state index contributed by atoms with van der Waals surface area (Å²) in [6.07, 6.45) is 5.27. The Morgan fingerprint density at radius 1 is 0.835 bits per heavy atom. The summed E-state index contributed by atoms with van der Waals surface area (Å²) in [5.74, 6) is -2.32. The van der Waals surface area contributed by atoms with E-state index in [0.29, 0.717) is 62.0 Å². The van der Waals surface area contributed by atoms with Crippen molar-refractivity contribution >= 4 is 46.6 Å². The van der Waals surface area contributed by atoms with Crippen molar-refractivity contribution in [3.8, 4) is 22.0 Å². The number of β-amino-alcohol motifs (C(OH)–C–C–N with tert-alkyl or cyclic N) is 1. The lowest BCUT2D eigenvalue weighted by atomic mass is 9.85. The number of aryl methyl sites for hydroxylation is 1. The molecule has 1 aliphatic heterocycles. The van der Waals surface area contributed by atoms with E-state index in [9.17, 15) is 37.9 Å². The van der Waals surface area contributed by atoms with Gasteiger partial charge in [0.05, 0.1) is 41.9 Å². The van der Waals surface area contributed by atoms with Crippen LogP contribution >= 0.6 is 11.3 Å². The predicted octanol–water partition coefficient (Wildman–Crippen LogP) is 5.90. The molecule has 3 aromatic heterocycles. The number of carbonyl (C=O) groups excluding carboxylic acids is 5. The number of anilines is 1. The molecule has 7 rings (SSSR count). The zero-order valence-electron chi connectivity index (χ0n) is 44.8. The van der Waals surface area contributed by atoms with Crippen molar-refractivity contribution in [3.05, 3.63) is 131 Å².